The third-order valence-electron chi connectivity index (χ3n) is 3.35. The number of methoxy groups -OCH3 is 2. The van der Waals surface area contributed by atoms with Crippen LogP contribution in [0.25, 0.3) is 5.00 Å². The minimum atomic E-state index is -0.466. The van der Waals surface area contributed by atoms with Gasteiger partial charge in [0.2, 0.25) is 0 Å². The van der Waals surface area contributed by atoms with Crippen LogP contribution < -0.4 is 15.2 Å². The Labute approximate surface area is 140 Å². The molecule has 3 rings (SSSR count). The van der Waals surface area contributed by atoms with Crippen LogP contribution in [0.4, 0.5) is 0 Å². The third kappa shape index (κ3) is 2.93. The van der Waals surface area contributed by atoms with Gasteiger partial charge in [-0.3, -0.25) is 4.79 Å². The van der Waals surface area contributed by atoms with E-state index < -0.39 is 5.69 Å². The number of tetrazole rings is 1. The molecule has 0 aliphatic heterocycles. The number of Topliss-reactive ketones (excluding diaryl/α,β-unsaturated/α-hetero) is 1. The van der Waals surface area contributed by atoms with Crippen molar-refractivity contribution in [3.05, 3.63) is 51.8 Å². The third-order valence-corrected chi connectivity index (χ3v) is 4.20. The number of rotatable bonds is 6. The maximum Gasteiger partial charge on any atom is 0.369 e. The van der Waals surface area contributed by atoms with Crippen LogP contribution in [0.1, 0.15) is 10.4 Å². The Morgan fingerprint density at radius 3 is 2.62 bits per heavy atom. The smallest absolute Gasteiger partial charge is 0.369 e. The van der Waals surface area contributed by atoms with Gasteiger partial charge in [0, 0.05) is 5.56 Å². The Morgan fingerprint density at radius 1 is 1.17 bits per heavy atom. The first-order chi connectivity index (χ1) is 11.6. The van der Waals surface area contributed by atoms with Crippen molar-refractivity contribution in [3.63, 3.8) is 0 Å². The first kappa shape index (κ1) is 15.9. The van der Waals surface area contributed by atoms with Crippen LogP contribution >= 0.6 is 11.3 Å². The summed E-state index contributed by atoms with van der Waals surface area (Å²) in [5.74, 6) is 0.684. The highest BCUT2D eigenvalue weighted by atomic mass is 32.1. The lowest BCUT2D eigenvalue weighted by Crippen LogP contribution is -2.27. The molecule has 0 atom stereocenters. The molecule has 0 aliphatic carbocycles. The highest BCUT2D eigenvalue weighted by molar-refractivity contribution is 7.12. The molecule has 1 aromatic carbocycles. The van der Waals surface area contributed by atoms with Gasteiger partial charge in [0.15, 0.2) is 17.3 Å². The van der Waals surface area contributed by atoms with E-state index in [1.807, 2.05) is 5.38 Å². The first-order valence-electron chi connectivity index (χ1n) is 6.96. The Balaban J connectivity index is 1.84. The van der Waals surface area contributed by atoms with Crippen LogP contribution in [0, 0.1) is 0 Å². The number of carbonyl (C=O) groups is 1. The molecule has 2 aromatic heterocycles. The molecule has 0 saturated heterocycles. The second kappa shape index (κ2) is 6.67. The number of ether oxygens (including phenoxy) is 2. The molecule has 124 valence electrons. The average Bonchev–Trinajstić information content (AvgIpc) is 3.24. The standard InChI is InChI=1S/C15H14N4O4S/c1-22-12-6-5-10(8-13(12)23-2)11(20)9-18-15(21)19(17-16-18)14-4-3-7-24-14/h3-8H,9H2,1-2H3. The van der Waals surface area contributed by atoms with Crippen molar-refractivity contribution < 1.29 is 14.3 Å². The fraction of sp³-hybridized carbons (Fsp3) is 0.200. The van der Waals surface area contributed by atoms with Crippen LogP contribution in [0.15, 0.2) is 40.5 Å². The first-order valence-corrected chi connectivity index (χ1v) is 7.84. The molecular weight excluding hydrogens is 332 g/mol. The predicted molar refractivity (Wildman–Crippen MR) is 87.4 cm³/mol. The van der Waals surface area contributed by atoms with E-state index in [2.05, 4.69) is 10.4 Å². The highest BCUT2D eigenvalue weighted by Crippen LogP contribution is 2.27. The molecule has 0 radical (unpaired) electrons. The van der Waals surface area contributed by atoms with Crippen LogP contribution in [0.3, 0.4) is 0 Å². The average molecular weight is 346 g/mol. The predicted octanol–water partition coefficient (Wildman–Crippen LogP) is 1.39. The zero-order valence-electron chi connectivity index (χ0n) is 13.0. The van der Waals surface area contributed by atoms with Crippen LogP contribution in [-0.2, 0) is 6.54 Å². The summed E-state index contributed by atoms with van der Waals surface area (Å²) in [6.45, 7) is -0.209. The maximum atomic E-state index is 12.4. The number of thiophene rings is 1. The van der Waals surface area contributed by atoms with Crippen LogP contribution in [0.5, 0.6) is 11.5 Å². The highest BCUT2D eigenvalue weighted by Gasteiger charge is 2.15. The van der Waals surface area contributed by atoms with Crippen molar-refractivity contribution in [2.24, 2.45) is 0 Å². The molecule has 0 amide bonds. The molecule has 24 heavy (non-hydrogen) atoms. The summed E-state index contributed by atoms with van der Waals surface area (Å²) in [7, 11) is 3.00. The molecule has 0 aliphatic rings. The van der Waals surface area contributed by atoms with E-state index in [1.54, 1.807) is 30.3 Å². The van der Waals surface area contributed by atoms with Gasteiger partial charge in [-0.2, -0.15) is 9.36 Å². The van der Waals surface area contributed by atoms with Gasteiger partial charge in [-0.15, -0.1) is 11.3 Å². The fourth-order valence-electron chi connectivity index (χ4n) is 2.14. The molecule has 8 nitrogen and oxygen atoms in total. The van der Waals surface area contributed by atoms with Crippen LogP contribution in [0.2, 0.25) is 0 Å². The SMILES string of the molecule is COc1ccc(C(=O)Cn2nnn(-c3cccs3)c2=O)cc1OC. The summed E-state index contributed by atoms with van der Waals surface area (Å²) in [5, 5.41) is 10.0. The minimum Gasteiger partial charge on any atom is -0.493 e. The Bertz CT molecular complexity index is 914. The molecule has 0 N–H and O–H groups in total. The van der Waals surface area contributed by atoms with E-state index in [9.17, 15) is 9.59 Å². The molecule has 0 saturated carbocycles. The number of benzene rings is 1. The van der Waals surface area contributed by atoms with Gasteiger partial charge >= 0.3 is 5.69 Å². The van der Waals surface area contributed by atoms with Gasteiger partial charge in [0.25, 0.3) is 0 Å². The van der Waals surface area contributed by atoms with E-state index in [-0.39, 0.29) is 12.3 Å². The number of aromatic nitrogens is 4. The van der Waals surface area contributed by atoms with Gasteiger partial charge in [-0.25, -0.2) is 4.79 Å². The Kier molecular flexibility index (Phi) is 4.43. The molecule has 0 bridgehead atoms. The summed E-state index contributed by atoms with van der Waals surface area (Å²) in [4.78, 5) is 24.7. The fourth-order valence-corrected chi connectivity index (χ4v) is 2.81. The van der Waals surface area contributed by atoms with Crippen molar-refractivity contribution in [2.45, 2.75) is 6.54 Å². The molecule has 2 heterocycles. The van der Waals surface area contributed by atoms with Gasteiger partial charge < -0.3 is 9.47 Å². The molecular formula is C15H14N4O4S. The summed E-state index contributed by atoms with van der Waals surface area (Å²) in [6, 6.07) is 8.37. The number of nitrogens with zero attached hydrogens (tertiary/aromatic N) is 4. The lowest BCUT2D eigenvalue weighted by atomic mass is 10.1. The lowest BCUT2D eigenvalue weighted by Gasteiger charge is -2.08. The summed E-state index contributed by atoms with van der Waals surface area (Å²) in [6.07, 6.45) is 0. The zero-order valence-corrected chi connectivity index (χ0v) is 13.8. The molecule has 3 aromatic rings. The number of carbonyl (C=O) groups excluding carboxylic acids is 1. The van der Waals surface area contributed by atoms with Crippen LogP contribution in [-0.4, -0.2) is 39.8 Å². The lowest BCUT2D eigenvalue weighted by molar-refractivity contribution is 0.0965. The van der Waals surface area contributed by atoms with Crippen molar-refractivity contribution in [3.8, 4) is 16.5 Å². The molecule has 9 heteroatoms. The molecule has 0 fully saturated rings. The number of ketones is 1. The van der Waals surface area contributed by atoms with E-state index >= 15 is 0 Å². The van der Waals surface area contributed by atoms with E-state index in [0.29, 0.717) is 22.1 Å². The second-order valence-corrected chi connectivity index (χ2v) is 5.70. The van der Waals surface area contributed by atoms with Gasteiger partial charge in [0.1, 0.15) is 11.5 Å². The summed E-state index contributed by atoms with van der Waals surface area (Å²) in [5.41, 5.74) is -0.0727. The minimum absolute atomic E-state index is 0.209. The van der Waals surface area contributed by atoms with Crippen molar-refractivity contribution in [2.75, 3.05) is 14.2 Å². The zero-order chi connectivity index (χ0) is 17.1. The maximum absolute atomic E-state index is 12.4. The van der Waals surface area contributed by atoms with Gasteiger partial charge in [-0.05, 0) is 46.1 Å². The largest absolute Gasteiger partial charge is 0.493 e. The Hall–Kier alpha value is -2.94. The van der Waals surface area contributed by atoms with E-state index in [4.69, 9.17) is 9.47 Å². The molecule has 0 spiro atoms. The van der Waals surface area contributed by atoms with Crippen molar-refractivity contribution in [1.82, 2.24) is 19.8 Å². The Morgan fingerprint density at radius 2 is 1.96 bits per heavy atom. The molecule has 0 unspecified atom stereocenters. The van der Waals surface area contributed by atoms with Crippen molar-refractivity contribution in [1.29, 1.82) is 0 Å². The quantitative estimate of drug-likeness (QED) is 0.627. The van der Waals surface area contributed by atoms with Crippen molar-refractivity contribution >= 4 is 17.1 Å². The van der Waals surface area contributed by atoms with Gasteiger partial charge in [-0.1, -0.05) is 0 Å². The number of hydrogen-bond donors (Lipinski definition) is 0. The normalized spacial score (nSPS) is 10.6. The van der Waals surface area contributed by atoms with E-state index in [1.165, 1.54) is 25.6 Å². The van der Waals surface area contributed by atoms with E-state index in [0.717, 1.165) is 9.36 Å². The monoisotopic (exact) mass is 346 g/mol. The second-order valence-electron chi connectivity index (χ2n) is 4.78. The van der Waals surface area contributed by atoms with Gasteiger partial charge in [0.05, 0.1) is 14.2 Å². The summed E-state index contributed by atoms with van der Waals surface area (Å²) < 4.78 is 12.5. The topological polar surface area (TPSA) is 88.2 Å². The summed E-state index contributed by atoms with van der Waals surface area (Å²) >= 11 is 1.36. The number of hydrogen-bond acceptors (Lipinski definition) is 7.